The summed E-state index contributed by atoms with van der Waals surface area (Å²) in [5, 5.41) is 14.2. The summed E-state index contributed by atoms with van der Waals surface area (Å²) in [6.45, 7) is 6.68. The van der Waals surface area contributed by atoms with Gasteiger partial charge in [-0.3, -0.25) is 4.90 Å². The van der Waals surface area contributed by atoms with Crippen molar-refractivity contribution in [1.29, 1.82) is 0 Å². The number of carbonyl (C=O) groups is 2. The third-order valence-corrected chi connectivity index (χ3v) is 5.29. The van der Waals surface area contributed by atoms with Gasteiger partial charge in [0, 0.05) is 50.2 Å². The molecule has 0 amide bonds. The molecule has 8 nitrogen and oxygen atoms in total. The minimum Gasteiger partial charge on any atom is -0.475 e. The van der Waals surface area contributed by atoms with Gasteiger partial charge < -0.3 is 24.3 Å². The Hall–Kier alpha value is -2.32. The Morgan fingerprint density at radius 2 is 1.70 bits per heavy atom. The van der Waals surface area contributed by atoms with Crippen LogP contribution in [0.1, 0.15) is 12.0 Å². The van der Waals surface area contributed by atoms with Crippen molar-refractivity contribution in [3.63, 3.8) is 0 Å². The predicted octanol–water partition coefficient (Wildman–Crippen LogP) is 2.95. The molecule has 190 valence electrons. The van der Waals surface area contributed by atoms with Crippen molar-refractivity contribution in [2.45, 2.75) is 25.3 Å². The highest BCUT2D eigenvalue weighted by Crippen LogP contribution is 2.43. The molecule has 2 saturated heterocycles. The van der Waals surface area contributed by atoms with E-state index in [-0.39, 0.29) is 0 Å². The Balaban J connectivity index is 0.000000324. The van der Waals surface area contributed by atoms with E-state index in [0.717, 1.165) is 13.2 Å². The molecule has 0 radical (unpaired) electrons. The molecule has 2 aliphatic rings. The van der Waals surface area contributed by atoms with Crippen molar-refractivity contribution >= 4 is 11.9 Å². The van der Waals surface area contributed by atoms with E-state index >= 15 is 0 Å². The standard InChI is InChI=1S/C15H24N2O2.2C2HF3O2/c1-16-8-14(10-18-2)15(11-16)4-5-17(12-15)7-13-3-6-19-9-13;2*3-2(4,5)1(6)7/h3,6,9,14H,4-5,7-8,10-12H2,1-2H3;2*(H,6,7)/t14-,15-;;/m1../s1. The van der Waals surface area contributed by atoms with Crippen LogP contribution in [0.25, 0.3) is 0 Å². The minimum absolute atomic E-state index is 0.439. The zero-order chi connectivity index (χ0) is 25.4. The van der Waals surface area contributed by atoms with Crippen LogP contribution in [0, 0.1) is 11.3 Å². The number of likely N-dealkylation sites (tertiary alicyclic amines) is 2. The Bertz CT molecular complexity index is 731. The lowest BCUT2D eigenvalue weighted by Gasteiger charge is -2.30. The molecule has 14 heteroatoms. The van der Waals surface area contributed by atoms with Crippen molar-refractivity contribution in [3.8, 4) is 0 Å². The van der Waals surface area contributed by atoms with Gasteiger partial charge in [-0.05, 0) is 26.1 Å². The molecule has 0 aromatic carbocycles. The maximum absolute atomic E-state index is 10.6. The second-order valence-corrected chi connectivity index (χ2v) is 7.91. The lowest BCUT2D eigenvalue weighted by molar-refractivity contribution is -0.193. The topological polar surface area (TPSA) is 103 Å². The Morgan fingerprint density at radius 3 is 2.12 bits per heavy atom. The zero-order valence-electron chi connectivity index (χ0n) is 17.9. The van der Waals surface area contributed by atoms with Gasteiger partial charge >= 0.3 is 24.3 Å². The van der Waals surface area contributed by atoms with Crippen LogP contribution in [-0.4, -0.2) is 91.2 Å². The first-order valence-electron chi connectivity index (χ1n) is 9.62. The molecule has 2 fully saturated rings. The number of hydrogen-bond acceptors (Lipinski definition) is 6. The summed E-state index contributed by atoms with van der Waals surface area (Å²) in [4.78, 5) is 22.8. The van der Waals surface area contributed by atoms with Crippen molar-refractivity contribution in [2.24, 2.45) is 11.3 Å². The normalized spacial score (nSPS) is 23.6. The number of alkyl halides is 6. The molecular formula is C19H26F6N2O6. The van der Waals surface area contributed by atoms with Gasteiger partial charge in [0.25, 0.3) is 0 Å². The number of methoxy groups -OCH3 is 1. The van der Waals surface area contributed by atoms with Gasteiger partial charge in [-0.25, -0.2) is 9.59 Å². The van der Waals surface area contributed by atoms with Crippen molar-refractivity contribution < 1.29 is 55.3 Å². The highest BCUT2D eigenvalue weighted by Gasteiger charge is 2.49. The van der Waals surface area contributed by atoms with Crippen molar-refractivity contribution in [3.05, 3.63) is 24.2 Å². The number of ether oxygens (including phenoxy) is 1. The van der Waals surface area contributed by atoms with Gasteiger partial charge in [0.2, 0.25) is 0 Å². The van der Waals surface area contributed by atoms with Crippen LogP contribution in [-0.2, 0) is 20.9 Å². The number of carboxylic acids is 2. The molecule has 1 aromatic heterocycles. The van der Waals surface area contributed by atoms with Crippen LogP contribution in [0.4, 0.5) is 26.3 Å². The van der Waals surface area contributed by atoms with Crippen LogP contribution in [0.15, 0.2) is 23.0 Å². The Labute approximate surface area is 185 Å². The molecule has 3 heterocycles. The Morgan fingerprint density at radius 1 is 1.15 bits per heavy atom. The SMILES string of the molecule is COC[C@H]1CN(C)C[C@@]12CCN(Cc1ccoc1)C2.O=C(O)C(F)(F)F.O=C(O)C(F)(F)F. The minimum atomic E-state index is -5.08. The molecule has 2 atom stereocenters. The molecule has 33 heavy (non-hydrogen) atoms. The number of furan rings is 1. The molecule has 1 aromatic rings. The third kappa shape index (κ3) is 9.21. The fraction of sp³-hybridized carbons (Fsp3) is 0.684. The summed E-state index contributed by atoms with van der Waals surface area (Å²) in [6, 6.07) is 2.07. The monoisotopic (exact) mass is 492 g/mol. The Kier molecular flexibility index (Phi) is 10.2. The number of nitrogens with zero attached hydrogens (tertiary/aromatic N) is 2. The van der Waals surface area contributed by atoms with Crippen LogP contribution in [0.5, 0.6) is 0 Å². The van der Waals surface area contributed by atoms with Gasteiger partial charge in [-0.1, -0.05) is 0 Å². The van der Waals surface area contributed by atoms with E-state index in [1.165, 1.54) is 38.2 Å². The number of carboxylic acid groups (broad SMARTS) is 2. The summed E-state index contributed by atoms with van der Waals surface area (Å²) >= 11 is 0. The summed E-state index contributed by atoms with van der Waals surface area (Å²) < 4.78 is 74.1. The van der Waals surface area contributed by atoms with E-state index in [1.807, 2.05) is 13.4 Å². The molecule has 1 spiro atoms. The first kappa shape index (κ1) is 28.7. The highest BCUT2D eigenvalue weighted by molar-refractivity contribution is 5.73. The first-order valence-corrected chi connectivity index (χ1v) is 9.62. The molecule has 3 rings (SSSR count). The number of hydrogen-bond donors (Lipinski definition) is 2. The van der Waals surface area contributed by atoms with E-state index in [4.69, 9.17) is 29.0 Å². The van der Waals surface area contributed by atoms with Gasteiger partial charge in [-0.2, -0.15) is 26.3 Å². The lowest BCUT2D eigenvalue weighted by Crippen LogP contribution is -2.35. The maximum atomic E-state index is 10.6. The average Bonchev–Trinajstić information content (AvgIpc) is 3.38. The predicted molar refractivity (Wildman–Crippen MR) is 101 cm³/mol. The molecule has 0 saturated carbocycles. The molecule has 2 N–H and O–H groups in total. The van der Waals surface area contributed by atoms with E-state index in [1.54, 1.807) is 6.26 Å². The average molecular weight is 492 g/mol. The first-order chi connectivity index (χ1) is 15.1. The van der Waals surface area contributed by atoms with E-state index in [0.29, 0.717) is 11.3 Å². The van der Waals surface area contributed by atoms with Crippen LogP contribution in [0.2, 0.25) is 0 Å². The van der Waals surface area contributed by atoms with E-state index in [9.17, 15) is 26.3 Å². The molecule has 2 aliphatic heterocycles. The second kappa shape index (κ2) is 11.7. The van der Waals surface area contributed by atoms with E-state index in [2.05, 4.69) is 22.9 Å². The highest BCUT2D eigenvalue weighted by atomic mass is 19.4. The molecule has 0 aliphatic carbocycles. The van der Waals surface area contributed by atoms with E-state index < -0.39 is 24.3 Å². The second-order valence-electron chi connectivity index (χ2n) is 7.91. The number of rotatable bonds is 4. The lowest BCUT2D eigenvalue weighted by atomic mass is 9.78. The van der Waals surface area contributed by atoms with Crippen LogP contribution < -0.4 is 0 Å². The van der Waals surface area contributed by atoms with Gasteiger partial charge in [0.1, 0.15) is 0 Å². The van der Waals surface area contributed by atoms with Gasteiger partial charge in [-0.15, -0.1) is 0 Å². The van der Waals surface area contributed by atoms with Crippen LogP contribution >= 0.6 is 0 Å². The number of aliphatic carboxylic acids is 2. The fourth-order valence-electron chi connectivity index (χ4n) is 3.95. The number of halogens is 6. The van der Waals surface area contributed by atoms with Crippen LogP contribution in [0.3, 0.4) is 0 Å². The fourth-order valence-corrected chi connectivity index (χ4v) is 3.95. The molecular weight excluding hydrogens is 466 g/mol. The largest absolute Gasteiger partial charge is 0.490 e. The summed E-state index contributed by atoms with van der Waals surface area (Å²) in [7, 11) is 4.06. The third-order valence-electron chi connectivity index (χ3n) is 5.29. The van der Waals surface area contributed by atoms with Crippen molar-refractivity contribution in [2.75, 3.05) is 46.9 Å². The van der Waals surface area contributed by atoms with Crippen molar-refractivity contribution in [1.82, 2.24) is 9.80 Å². The summed E-state index contributed by atoms with van der Waals surface area (Å²) in [6.07, 6.45) is -5.25. The summed E-state index contributed by atoms with van der Waals surface area (Å²) in [5.74, 6) is -4.84. The smallest absolute Gasteiger partial charge is 0.475 e. The van der Waals surface area contributed by atoms with Gasteiger partial charge in [0.05, 0.1) is 19.1 Å². The quantitative estimate of drug-likeness (QED) is 0.619. The molecule has 0 bridgehead atoms. The maximum Gasteiger partial charge on any atom is 0.490 e. The summed E-state index contributed by atoms with van der Waals surface area (Å²) in [5.41, 5.74) is 1.72. The molecule has 0 unspecified atom stereocenters. The zero-order valence-corrected chi connectivity index (χ0v) is 17.9. The van der Waals surface area contributed by atoms with Gasteiger partial charge in [0.15, 0.2) is 0 Å².